The van der Waals surface area contributed by atoms with Gasteiger partial charge in [-0.05, 0) is 57.7 Å². The van der Waals surface area contributed by atoms with E-state index in [1.165, 1.54) is 0 Å². The fourth-order valence-corrected chi connectivity index (χ4v) is 4.07. The number of carbonyl (C=O) groups excluding carboxylic acids is 1. The summed E-state index contributed by atoms with van der Waals surface area (Å²) in [6.07, 6.45) is 5.12. The number of benzene rings is 1. The number of ether oxygens (including phenoxy) is 1. The topological polar surface area (TPSA) is 84.2 Å². The summed E-state index contributed by atoms with van der Waals surface area (Å²) in [6, 6.07) is 7.72. The number of H-pyrrole nitrogens is 1. The fourth-order valence-electron chi connectivity index (χ4n) is 4.07. The summed E-state index contributed by atoms with van der Waals surface area (Å²) in [7, 11) is 0. The van der Waals surface area contributed by atoms with Crippen LogP contribution in [-0.2, 0) is 11.2 Å². The molecule has 1 fully saturated rings. The molecule has 1 aromatic carbocycles. The molecule has 1 amide bonds. The van der Waals surface area contributed by atoms with Crippen LogP contribution in [0.15, 0.2) is 35.0 Å². The lowest BCUT2D eigenvalue weighted by atomic mass is 9.94. The first-order chi connectivity index (χ1) is 14.6. The Labute approximate surface area is 176 Å². The monoisotopic (exact) mass is 408 g/mol. The van der Waals surface area contributed by atoms with Crippen LogP contribution in [0.4, 0.5) is 0 Å². The van der Waals surface area contributed by atoms with Crippen LogP contribution in [0.5, 0.6) is 5.75 Å². The van der Waals surface area contributed by atoms with Crippen molar-refractivity contribution in [1.29, 1.82) is 0 Å². The van der Waals surface area contributed by atoms with Crippen molar-refractivity contribution in [3.05, 3.63) is 53.0 Å². The molecule has 7 nitrogen and oxygen atoms in total. The van der Waals surface area contributed by atoms with Gasteiger partial charge in [-0.15, -0.1) is 0 Å². The van der Waals surface area contributed by atoms with E-state index >= 15 is 0 Å². The van der Waals surface area contributed by atoms with E-state index in [4.69, 9.17) is 9.26 Å². The van der Waals surface area contributed by atoms with E-state index in [-0.39, 0.29) is 11.9 Å². The highest BCUT2D eigenvalue weighted by atomic mass is 16.5. The number of likely N-dealkylation sites (tertiary alicyclic amines) is 1. The summed E-state index contributed by atoms with van der Waals surface area (Å²) in [5.41, 5.74) is 4.66. The Balaban J connectivity index is 1.56. The highest BCUT2D eigenvalue weighted by Gasteiger charge is 2.32. The molecule has 1 saturated heterocycles. The minimum Gasteiger partial charge on any atom is -0.494 e. The van der Waals surface area contributed by atoms with Crippen LogP contribution in [-0.4, -0.2) is 39.3 Å². The third-order valence-corrected chi connectivity index (χ3v) is 5.82. The maximum Gasteiger partial charge on any atom is 0.227 e. The smallest absolute Gasteiger partial charge is 0.227 e. The molecule has 1 aliphatic rings. The van der Waals surface area contributed by atoms with Crippen molar-refractivity contribution in [3.8, 4) is 17.1 Å². The molecular weight excluding hydrogens is 380 g/mol. The highest BCUT2D eigenvalue weighted by Crippen LogP contribution is 2.37. The molecule has 0 radical (unpaired) electrons. The Kier molecular flexibility index (Phi) is 5.88. The van der Waals surface area contributed by atoms with Gasteiger partial charge in [0.15, 0.2) is 5.76 Å². The zero-order valence-electron chi connectivity index (χ0n) is 17.8. The molecule has 0 bridgehead atoms. The van der Waals surface area contributed by atoms with E-state index in [2.05, 4.69) is 15.4 Å². The van der Waals surface area contributed by atoms with Gasteiger partial charge in [-0.2, -0.15) is 5.10 Å². The van der Waals surface area contributed by atoms with Crippen LogP contribution in [0.25, 0.3) is 11.3 Å². The normalized spacial score (nSPS) is 16.6. The van der Waals surface area contributed by atoms with Gasteiger partial charge in [0.2, 0.25) is 5.91 Å². The van der Waals surface area contributed by atoms with Gasteiger partial charge in [0, 0.05) is 12.1 Å². The largest absolute Gasteiger partial charge is 0.494 e. The number of nitrogens with zero attached hydrogens (tertiary/aromatic N) is 3. The Morgan fingerprint density at radius 3 is 2.77 bits per heavy atom. The number of hydrogen-bond acceptors (Lipinski definition) is 5. The summed E-state index contributed by atoms with van der Waals surface area (Å²) >= 11 is 0. The number of amides is 1. The molecule has 1 N–H and O–H groups in total. The van der Waals surface area contributed by atoms with Gasteiger partial charge in [-0.3, -0.25) is 9.89 Å². The molecule has 1 aliphatic heterocycles. The molecule has 3 heterocycles. The summed E-state index contributed by atoms with van der Waals surface area (Å²) in [6.45, 7) is 7.25. The number of aryl methyl sites for hydroxylation is 1. The van der Waals surface area contributed by atoms with Crippen LogP contribution < -0.4 is 4.74 Å². The van der Waals surface area contributed by atoms with E-state index in [9.17, 15) is 4.79 Å². The molecule has 2 aromatic heterocycles. The number of aromatic nitrogens is 3. The van der Waals surface area contributed by atoms with Crippen molar-refractivity contribution in [2.75, 3.05) is 13.2 Å². The molecule has 1 unspecified atom stereocenters. The quantitative estimate of drug-likeness (QED) is 0.654. The Morgan fingerprint density at radius 2 is 2.07 bits per heavy atom. The van der Waals surface area contributed by atoms with Crippen LogP contribution in [0.3, 0.4) is 0 Å². The molecule has 0 aliphatic carbocycles. The number of hydrogen-bond donors (Lipinski definition) is 1. The van der Waals surface area contributed by atoms with Crippen LogP contribution in [0, 0.1) is 13.8 Å². The predicted molar refractivity (Wildman–Crippen MR) is 113 cm³/mol. The Bertz CT molecular complexity index is 1010. The van der Waals surface area contributed by atoms with E-state index in [0.29, 0.717) is 13.0 Å². The van der Waals surface area contributed by atoms with E-state index in [1.54, 1.807) is 6.20 Å². The predicted octanol–water partition coefficient (Wildman–Crippen LogP) is 4.38. The molecule has 158 valence electrons. The van der Waals surface area contributed by atoms with Crippen molar-refractivity contribution in [3.63, 3.8) is 0 Å². The number of piperidine rings is 1. The van der Waals surface area contributed by atoms with Crippen molar-refractivity contribution in [1.82, 2.24) is 20.3 Å². The molecule has 7 heteroatoms. The Morgan fingerprint density at radius 1 is 1.27 bits per heavy atom. The lowest BCUT2D eigenvalue weighted by molar-refractivity contribution is -0.134. The van der Waals surface area contributed by atoms with Gasteiger partial charge in [0.1, 0.15) is 5.75 Å². The minimum absolute atomic E-state index is 0.0451. The van der Waals surface area contributed by atoms with Gasteiger partial charge < -0.3 is 14.2 Å². The third-order valence-electron chi connectivity index (χ3n) is 5.82. The fraction of sp³-hybridized carbons (Fsp3) is 0.435. The van der Waals surface area contributed by atoms with Gasteiger partial charge in [-0.1, -0.05) is 17.3 Å². The van der Waals surface area contributed by atoms with Crippen molar-refractivity contribution >= 4 is 5.91 Å². The standard InChI is InChI=1S/C23H28N4O3/c1-4-29-18-10-8-17(9-11-18)13-21(28)27-12-6-5-7-20(27)22-19(14-24-25-22)23-15(2)16(3)26-30-23/h8-11,14,20H,4-7,12-13H2,1-3H3,(H,24,25). The van der Waals surface area contributed by atoms with Crippen LogP contribution in [0.1, 0.15) is 54.7 Å². The van der Waals surface area contributed by atoms with E-state index in [1.807, 2.05) is 49.9 Å². The summed E-state index contributed by atoms with van der Waals surface area (Å²) < 4.78 is 11.1. The lowest BCUT2D eigenvalue weighted by Crippen LogP contribution is -2.39. The van der Waals surface area contributed by atoms with Gasteiger partial charge in [-0.25, -0.2) is 0 Å². The number of rotatable bonds is 6. The number of aromatic amines is 1. The first kappa shape index (κ1) is 20.2. The molecule has 0 spiro atoms. The first-order valence-electron chi connectivity index (χ1n) is 10.6. The summed E-state index contributed by atoms with van der Waals surface area (Å²) in [5, 5.41) is 11.5. The van der Waals surface area contributed by atoms with Crippen molar-refractivity contribution < 1.29 is 14.1 Å². The molecule has 3 aromatic rings. The zero-order chi connectivity index (χ0) is 21.1. The van der Waals surface area contributed by atoms with Crippen LogP contribution in [0.2, 0.25) is 0 Å². The molecule has 30 heavy (non-hydrogen) atoms. The maximum absolute atomic E-state index is 13.2. The number of nitrogens with one attached hydrogen (secondary N) is 1. The summed E-state index contributed by atoms with van der Waals surface area (Å²) in [5.74, 6) is 1.67. The first-order valence-corrected chi connectivity index (χ1v) is 10.6. The average Bonchev–Trinajstić information content (AvgIpc) is 3.36. The molecule has 1 atom stereocenters. The van der Waals surface area contributed by atoms with Crippen LogP contribution >= 0.6 is 0 Å². The van der Waals surface area contributed by atoms with E-state index < -0.39 is 0 Å². The van der Waals surface area contributed by atoms with Gasteiger partial charge in [0.05, 0.1) is 42.2 Å². The molecule has 4 rings (SSSR count). The van der Waals surface area contributed by atoms with E-state index in [0.717, 1.165) is 65.4 Å². The third kappa shape index (κ3) is 3.97. The lowest BCUT2D eigenvalue weighted by Gasteiger charge is -2.35. The highest BCUT2D eigenvalue weighted by molar-refractivity contribution is 5.80. The second-order valence-corrected chi connectivity index (χ2v) is 7.77. The second kappa shape index (κ2) is 8.73. The average molecular weight is 409 g/mol. The minimum atomic E-state index is -0.0451. The molecular formula is C23H28N4O3. The molecule has 0 saturated carbocycles. The van der Waals surface area contributed by atoms with Crippen molar-refractivity contribution in [2.45, 2.75) is 52.5 Å². The maximum atomic E-state index is 13.2. The van der Waals surface area contributed by atoms with Gasteiger partial charge >= 0.3 is 0 Å². The van der Waals surface area contributed by atoms with Gasteiger partial charge in [0.25, 0.3) is 0 Å². The summed E-state index contributed by atoms with van der Waals surface area (Å²) in [4.78, 5) is 15.2. The SMILES string of the molecule is CCOc1ccc(CC(=O)N2CCCCC2c2[nH]ncc2-c2onc(C)c2C)cc1. The zero-order valence-corrected chi connectivity index (χ0v) is 17.8. The van der Waals surface area contributed by atoms with Crippen molar-refractivity contribution in [2.24, 2.45) is 0 Å². The Hall–Kier alpha value is -3.09. The number of carbonyl (C=O) groups is 1. The second-order valence-electron chi connectivity index (χ2n) is 7.77.